The third kappa shape index (κ3) is 3.36. The number of hydrogen-bond acceptors (Lipinski definition) is 4. The number of sulfonamides is 1. The van der Waals surface area contributed by atoms with Crippen molar-refractivity contribution in [3.8, 4) is 0 Å². The van der Waals surface area contributed by atoms with Crippen LogP contribution in [0.25, 0.3) is 0 Å². The lowest BCUT2D eigenvalue weighted by Crippen LogP contribution is -2.16. The zero-order valence-corrected chi connectivity index (χ0v) is 13.5. The Labute approximate surface area is 125 Å². The van der Waals surface area contributed by atoms with Crippen LogP contribution >= 0.6 is 0 Å². The minimum Gasteiger partial charge on any atom is -0.385 e. The van der Waals surface area contributed by atoms with Crippen molar-refractivity contribution in [3.63, 3.8) is 0 Å². The van der Waals surface area contributed by atoms with E-state index in [9.17, 15) is 8.42 Å². The number of hydrogen-bond donors (Lipinski definition) is 2. The van der Waals surface area contributed by atoms with Crippen molar-refractivity contribution in [1.82, 2.24) is 9.78 Å². The molecule has 2 rings (SSSR count). The molecule has 0 aliphatic heterocycles. The Morgan fingerprint density at radius 3 is 2.29 bits per heavy atom. The number of benzene rings is 1. The van der Waals surface area contributed by atoms with Crippen LogP contribution in [0, 0.1) is 13.8 Å². The summed E-state index contributed by atoms with van der Waals surface area (Å²) in [4.78, 5) is 0.313. The molecule has 2 N–H and O–H groups in total. The fourth-order valence-electron chi connectivity index (χ4n) is 2.36. The van der Waals surface area contributed by atoms with E-state index in [1.54, 1.807) is 31.8 Å². The lowest BCUT2D eigenvalue weighted by molar-refractivity contribution is 0.600. The molecule has 0 amide bonds. The van der Waals surface area contributed by atoms with Gasteiger partial charge >= 0.3 is 0 Å². The first-order valence-electron chi connectivity index (χ1n) is 6.70. The van der Waals surface area contributed by atoms with Gasteiger partial charge in [-0.1, -0.05) is 0 Å². The van der Waals surface area contributed by atoms with E-state index >= 15 is 0 Å². The van der Waals surface area contributed by atoms with Crippen LogP contribution in [0.4, 0.5) is 11.4 Å². The van der Waals surface area contributed by atoms with E-state index < -0.39 is 10.0 Å². The third-order valence-corrected chi connectivity index (χ3v) is 4.75. The molecule has 0 spiro atoms. The van der Waals surface area contributed by atoms with E-state index in [0.29, 0.717) is 21.7 Å². The number of nitrogens with zero attached hydrogens (tertiary/aromatic N) is 2. The second-order valence-corrected chi connectivity index (χ2v) is 6.60. The molecule has 114 valence electrons. The lowest BCUT2D eigenvalue weighted by atomic mass is 10.1. The average molecular weight is 308 g/mol. The molecule has 0 bridgehead atoms. The smallest absolute Gasteiger partial charge is 0.262 e. The molecule has 0 radical (unpaired) electrons. The van der Waals surface area contributed by atoms with Crippen molar-refractivity contribution in [2.75, 3.05) is 16.6 Å². The fourth-order valence-corrected chi connectivity index (χ4v) is 3.84. The van der Waals surface area contributed by atoms with Crippen LogP contribution in [-0.4, -0.2) is 24.7 Å². The summed E-state index contributed by atoms with van der Waals surface area (Å²) in [6.07, 6.45) is 3.10. The summed E-state index contributed by atoms with van der Waals surface area (Å²) in [5, 5.41) is 7.15. The van der Waals surface area contributed by atoms with Gasteiger partial charge in [0.2, 0.25) is 0 Å². The highest BCUT2D eigenvalue weighted by Crippen LogP contribution is 2.26. The van der Waals surface area contributed by atoms with Crippen LogP contribution in [0.1, 0.15) is 18.1 Å². The highest BCUT2D eigenvalue weighted by molar-refractivity contribution is 7.92. The summed E-state index contributed by atoms with van der Waals surface area (Å²) in [7, 11) is -1.89. The minimum atomic E-state index is -3.62. The zero-order valence-electron chi connectivity index (χ0n) is 12.6. The van der Waals surface area contributed by atoms with Gasteiger partial charge in [0, 0.05) is 25.5 Å². The van der Waals surface area contributed by atoms with Gasteiger partial charge in [0.1, 0.15) is 0 Å². The normalized spacial score (nSPS) is 11.4. The van der Waals surface area contributed by atoms with Crippen molar-refractivity contribution in [2.24, 2.45) is 7.05 Å². The molecule has 2 aromatic rings. The average Bonchev–Trinajstić information content (AvgIpc) is 2.72. The molecule has 21 heavy (non-hydrogen) atoms. The van der Waals surface area contributed by atoms with Crippen LogP contribution in [0.2, 0.25) is 0 Å². The first-order chi connectivity index (χ1) is 9.83. The molecule has 0 unspecified atom stereocenters. The molecule has 0 saturated carbocycles. The van der Waals surface area contributed by atoms with Crippen molar-refractivity contribution < 1.29 is 8.42 Å². The summed E-state index contributed by atoms with van der Waals surface area (Å²) < 4.78 is 29.2. The van der Waals surface area contributed by atoms with E-state index in [-0.39, 0.29) is 0 Å². The molecule has 0 fully saturated rings. The van der Waals surface area contributed by atoms with Crippen molar-refractivity contribution in [3.05, 3.63) is 35.7 Å². The first kappa shape index (κ1) is 15.4. The number of rotatable bonds is 5. The molecule has 1 aromatic heterocycles. The van der Waals surface area contributed by atoms with Gasteiger partial charge in [0.25, 0.3) is 10.0 Å². The second kappa shape index (κ2) is 5.77. The second-order valence-electron chi connectivity index (χ2n) is 4.98. The Morgan fingerprint density at radius 2 is 1.81 bits per heavy atom. The molecular formula is C14H20N4O2S. The van der Waals surface area contributed by atoms with E-state index in [1.807, 2.05) is 19.1 Å². The van der Waals surface area contributed by atoms with E-state index in [4.69, 9.17) is 0 Å². The maximum absolute atomic E-state index is 12.6. The molecule has 0 aliphatic rings. The summed E-state index contributed by atoms with van der Waals surface area (Å²) >= 11 is 0. The van der Waals surface area contributed by atoms with E-state index in [0.717, 1.165) is 12.2 Å². The summed E-state index contributed by atoms with van der Waals surface area (Å²) in [5.74, 6) is 0. The molecular weight excluding hydrogens is 288 g/mol. The fraction of sp³-hybridized carbons (Fsp3) is 0.357. The summed E-state index contributed by atoms with van der Waals surface area (Å²) in [6, 6.07) is 3.68. The van der Waals surface area contributed by atoms with Crippen LogP contribution < -0.4 is 10.0 Å². The van der Waals surface area contributed by atoms with Gasteiger partial charge in [0.05, 0.1) is 16.8 Å². The number of aryl methyl sites for hydroxylation is 3. The molecule has 0 atom stereocenters. The largest absolute Gasteiger partial charge is 0.385 e. The Balaban J connectivity index is 2.40. The predicted molar refractivity (Wildman–Crippen MR) is 84.1 cm³/mol. The van der Waals surface area contributed by atoms with Gasteiger partial charge in [-0.05, 0) is 44.0 Å². The lowest BCUT2D eigenvalue weighted by Gasteiger charge is -2.14. The van der Waals surface area contributed by atoms with Crippen molar-refractivity contribution >= 4 is 21.4 Å². The number of nitrogens with one attached hydrogen (secondary N) is 2. The summed E-state index contributed by atoms with van der Waals surface area (Å²) in [6.45, 7) is 6.38. The van der Waals surface area contributed by atoms with Gasteiger partial charge in [-0.15, -0.1) is 0 Å². The molecule has 0 saturated heterocycles. The maximum atomic E-state index is 12.6. The molecule has 7 heteroatoms. The van der Waals surface area contributed by atoms with E-state index in [1.165, 1.54) is 6.20 Å². The SMILES string of the molecule is CCNc1cc(C)c(S(=O)(=O)Nc2cnn(C)c2)c(C)c1. The Morgan fingerprint density at radius 1 is 1.19 bits per heavy atom. The predicted octanol–water partition coefficient (Wildman–Crippen LogP) is 2.27. The van der Waals surface area contributed by atoms with Gasteiger partial charge in [-0.2, -0.15) is 5.10 Å². The van der Waals surface area contributed by atoms with Gasteiger partial charge in [-0.3, -0.25) is 9.40 Å². The van der Waals surface area contributed by atoms with Gasteiger partial charge < -0.3 is 5.32 Å². The maximum Gasteiger partial charge on any atom is 0.262 e. The van der Waals surface area contributed by atoms with Crippen molar-refractivity contribution in [1.29, 1.82) is 0 Å². The van der Waals surface area contributed by atoms with Gasteiger partial charge in [-0.25, -0.2) is 8.42 Å². The van der Waals surface area contributed by atoms with E-state index in [2.05, 4.69) is 15.1 Å². The Kier molecular flexibility index (Phi) is 4.22. The third-order valence-electron chi connectivity index (χ3n) is 3.07. The van der Waals surface area contributed by atoms with Crippen LogP contribution in [0.5, 0.6) is 0 Å². The standard InChI is InChI=1S/C14H20N4O2S/c1-5-15-12-6-10(2)14(11(3)7-12)21(19,20)17-13-8-16-18(4)9-13/h6-9,15,17H,5H2,1-4H3. The first-order valence-corrected chi connectivity index (χ1v) is 8.18. The van der Waals surface area contributed by atoms with Crippen LogP contribution in [0.3, 0.4) is 0 Å². The number of anilines is 2. The highest BCUT2D eigenvalue weighted by atomic mass is 32.2. The minimum absolute atomic E-state index is 0.313. The van der Waals surface area contributed by atoms with Gasteiger partial charge in [0.15, 0.2) is 0 Å². The monoisotopic (exact) mass is 308 g/mol. The van der Waals surface area contributed by atoms with Crippen LogP contribution in [0.15, 0.2) is 29.4 Å². The topological polar surface area (TPSA) is 76.0 Å². The Hall–Kier alpha value is -2.02. The quantitative estimate of drug-likeness (QED) is 0.888. The molecule has 0 aliphatic carbocycles. The molecule has 1 heterocycles. The van der Waals surface area contributed by atoms with Crippen molar-refractivity contribution in [2.45, 2.75) is 25.7 Å². The summed E-state index contributed by atoms with van der Waals surface area (Å²) in [5.41, 5.74) is 2.80. The number of aromatic nitrogens is 2. The van der Waals surface area contributed by atoms with Crippen LogP contribution in [-0.2, 0) is 17.1 Å². The zero-order chi connectivity index (χ0) is 15.6. The Bertz CT molecular complexity index is 727. The highest BCUT2D eigenvalue weighted by Gasteiger charge is 2.20. The molecule has 6 nitrogen and oxygen atoms in total. The molecule has 1 aromatic carbocycles.